The molecule has 2 aromatic carbocycles. The van der Waals surface area contributed by atoms with E-state index in [0.29, 0.717) is 30.3 Å². The van der Waals surface area contributed by atoms with E-state index in [0.717, 1.165) is 19.3 Å². The molecular weight excluding hydrogens is 359 g/mol. The minimum Gasteiger partial charge on any atom is -0.324 e. The first-order chi connectivity index (χ1) is 13.1. The summed E-state index contributed by atoms with van der Waals surface area (Å²) in [6.07, 6.45) is 4.36. The van der Waals surface area contributed by atoms with Crippen molar-refractivity contribution < 1.29 is 13.9 Å². The first-order valence-electron chi connectivity index (χ1n) is 9.54. The zero-order valence-electron chi connectivity index (χ0n) is 15.7. The largest absolute Gasteiger partial charge is 0.324 e. The average Bonchev–Trinajstić information content (AvgIpc) is 2.74. The molecule has 0 radical (unpaired) electrons. The van der Waals surface area contributed by atoms with Crippen LogP contribution in [0.25, 0.3) is 0 Å². The predicted molar refractivity (Wildman–Crippen MR) is 108 cm³/mol. The van der Waals surface area contributed by atoms with Gasteiger partial charge in [-0.25, -0.2) is 5.43 Å². The molecule has 0 heterocycles. The van der Waals surface area contributed by atoms with Gasteiger partial charge in [-0.2, -0.15) is 0 Å². The van der Waals surface area contributed by atoms with Gasteiger partial charge in [0.15, 0.2) is 0 Å². The Bertz CT molecular complexity index is 790. The summed E-state index contributed by atoms with van der Waals surface area (Å²) in [4.78, 5) is 12.5. The molecule has 1 atom stereocenters. The van der Waals surface area contributed by atoms with Crippen LogP contribution >= 0.6 is 7.37 Å². The lowest BCUT2D eigenvalue weighted by Crippen LogP contribution is -2.56. The van der Waals surface area contributed by atoms with Crippen molar-refractivity contribution in [2.75, 3.05) is 6.61 Å². The fourth-order valence-electron chi connectivity index (χ4n) is 3.72. The molecule has 1 amide bonds. The van der Waals surface area contributed by atoms with E-state index >= 15 is 0 Å². The maximum absolute atomic E-state index is 14.2. The summed E-state index contributed by atoms with van der Waals surface area (Å²) in [6, 6.07) is 18.4. The van der Waals surface area contributed by atoms with Crippen molar-refractivity contribution in [1.29, 1.82) is 0 Å². The second kappa shape index (κ2) is 8.83. The lowest BCUT2D eigenvalue weighted by molar-refractivity contribution is 0.0908. The fraction of sp³-hybridized carbons (Fsp3) is 0.381. The first-order valence-corrected chi connectivity index (χ1v) is 11.2. The Morgan fingerprint density at radius 3 is 2.19 bits per heavy atom. The number of nitrogens with one attached hydrogen (secondary N) is 2. The van der Waals surface area contributed by atoms with Gasteiger partial charge in [0.1, 0.15) is 5.28 Å². The van der Waals surface area contributed by atoms with Crippen LogP contribution in [-0.2, 0) is 9.09 Å². The van der Waals surface area contributed by atoms with Crippen LogP contribution in [0.15, 0.2) is 60.7 Å². The van der Waals surface area contributed by atoms with Crippen LogP contribution < -0.4 is 16.2 Å². The Balaban J connectivity index is 1.91. The molecule has 0 aliphatic heterocycles. The minimum atomic E-state index is -3.25. The third-order valence-corrected chi connectivity index (χ3v) is 8.38. The lowest BCUT2D eigenvalue weighted by Gasteiger charge is -2.43. The third kappa shape index (κ3) is 4.16. The van der Waals surface area contributed by atoms with Crippen LogP contribution in [0, 0.1) is 0 Å². The van der Waals surface area contributed by atoms with E-state index in [4.69, 9.17) is 4.52 Å². The highest BCUT2D eigenvalue weighted by atomic mass is 31.2. The molecule has 3 rings (SSSR count). The molecule has 1 saturated carbocycles. The fourth-order valence-corrected chi connectivity index (χ4v) is 6.64. The number of carbonyl (C=O) groups excluding carboxylic acids is 1. The van der Waals surface area contributed by atoms with E-state index in [-0.39, 0.29) is 5.91 Å². The van der Waals surface area contributed by atoms with Gasteiger partial charge in [0.05, 0.1) is 6.61 Å². The highest BCUT2D eigenvalue weighted by Gasteiger charge is 2.51. The Kier molecular flexibility index (Phi) is 6.48. The lowest BCUT2D eigenvalue weighted by atomic mass is 9.95. The second-order valence-electron chi connectivity index (χ2n) is 6.84. The van der Waals surface area contributed by atoms with Crippen molar-refractivity contribution in [3.8, 4) is 0 Å². The molecule has 0 saturated heterocycles. The third-order valence-electron chi connectivity index (χ3n) is 5.10. The monoisotopic (exact) mass is 386 g/mol. The number of amides is 1. The van der Waals surface area contributed by atoms with Gasteiger partial charge in [-0.05, 0) is 44.0 Å². The number of rotatable bonds is 7. The van der Waals surface area contributed by atoms with Gasteiger partial charge in [0.2, 0.25) is 0 Å². The Morgan fingerprint density at radius 1 is 1.00 bits per heavy atom. The maximum atomic E-state index is 14.2. The first kappa shape index (κ1) is 19.8. The summed E-state index contributed by atoms with van der Waals surface area (Å²) >= 11 is 0. The molecule has 144 valence electrons. The molecule has 1 fully saturated rings. The average molecular weight is 386 g/mol. The van der Waals surface area contributed by atoms with Gasteiger partial charge < -0.3 is 4.52 Å². The van der Waals surface area contributed by atoms with E-state index in [9.17, 15) is 9.36 Å². The Labute approximate surface area is 160 Å². The van der Waals surface area contributed by atoms with E-state index in [1.807, 2.05) is 55.5 Å². The highest BCUT2D eigenvalue weighted by Crippen LogP contribution is 2.61. The number of hydrazine groups is 1. The topological polar surface area (TPSA) is 67.4 Å². The predicted octanol–water partition coefficient (Wildman–Crippen LogP) is 4.22. The smallest absolute Gasteiger partial charge is 0.265 e. The normalized spacial score (nSPS) is 18.4. The summed E-state index contributed by atoms with van der Waals surface area (Å²) in [5.74, 6) is -0.239. The van der Waals surface area contributed by atoms with Gasteiger partial charge in [-0.15, -0.1) is 0 Å². The van der Waals surface area contributed by atoms with Crippen LogP contribution in [0.5, 0.6) is 0 Å². The van der Waals surface area contributed by atoms with Gasteiger partial charge in [0, 0.05) is 10.9 Å². The van der Waals surface area contributed by atoms with E-state index in [1.54, 1.807) is 12.1 Å². The molecular formula is C21H27N2O3P. The Morgan fingerprint density at radius 2 is 1.59 bits per heavy atom. The molecule has 0 bridgehead atoms. The standard InChI is InChI=1S/C21H27N2O3P/c1-2-26-27(25,19-14-8-4-9-15-19)21(16-10-5-11-17-21)23-22-20(24)18-12-6-3-7-13-18/h3-4,6-9,12-15,23H,2,5,10-11,16-17H2,1H3,(H,22,24). The van der Waals surface area contributed by atoms with Crippen molar-refractivity contribution in [3.05, 3.63) is 66.2 Å². The highest BCUT2D eigenvalue weighted by molar-refractivity contribution is 7.68. The van der Waals surface area contributed by atoms with Crippen molar-refractivity contribution in [1.82, 2.24) is 10.9 Å². The van der Waals surface area contributed by atoms with Crippen LogP contribution in [0.3, 0.4) is 0 Å². The minimum absolute atomic E-state index is 0.239. The van der Waals surface area contributed by atoms with E-state index in [2.05, 4.69) is 10.9 Å². The van der Waals surface area contributed by atoms with E-state index < -0.39 is 12.6 Å². The second-order valence-corrected chi connectivity index (χ2v) is 9.58. The van der Waals surface area contributed by atoms with Gasteiger partial charge >= 0.3 is 0 Å². The van der Waals surface area contributed by atoms with Crippen LogP contribution in [0.4, 0.5) is 0 Å². The number of benzene rings is 2. The van der Waals surface area contributed by atoms with Crippen LogP contribution in [0.1, 0.15) is 49.4 Å². The molecule has 1 aliphatic rings. The molecule has 2 aromatic rings. The molecule has 27 heavy (non-hydrogen) atoms. The molecule has 1 aliphatic carbocycles. The van der Waals surface area contributed by atoms with E-state index in [1.165, 1.54) is 0 Å². The zero-order chi connectivity index (χ0) is 19.2. The molecule has 0 spiro atoms. The molecule has 2 N–H and O–H groups in total. The number of hydrogen-bond acceptors (Lipinski definition) is 4. The Hall–Kier alpha value is -1.94. The quantitative estimate of drug-likeness (QED) is 0.552. The maximum Gasteiger partial charge on any atom is 0.265 e. The van der Waals surface area contributed by atoms with Gasteiger partial charge in [-0.3, -0.25) is 14.8 Å². The van der Waals surface area contributed by atoms with Crippen molar-refractivity contribution in [2.24, 2.45) is 0 Å². The van der Waals surface area contributed by atoms with Gasteiger partial charge in [-0.1, -0.05) is 55.7 Å². The molecule has 1 unspecified atom stereocenters. The SMILES string of the molecule is CCOP(=O)(c1ccccc1)C1(NNC(=O)c2ccccc2)CCCCC1. The van der Waals surface area contributed by atoms with Crippen molar-refractivity contribution >= 4 is 18.6 Å². The molecule has 5 nitrogen and oxygen atoms in total. The van der Waals surface area contributed by atoms with Crippen LogP contribution in [0.2, 0.25) is 0 Å². The molecule has 6 heteroatoms. The zero-order valence-corrected chi connectivity index (χ0v) is 16.6. The summed E-state index contributed by atoms with van der Waals surface area (Å²) in [6.45, 7) is 2.21. The van der Waals surface area contributed by atoms with Crippen molar-refractivity contribution in [3.63, 3.8) is 0 Å². The van der Waals surface area contributed by atoms with Crippen molar-refractivity contribution in [2.45, 2.75) is 44.3 Å². The molecule has 0 aromatic heterocycles. The number of hydrogen-bond donors (Lipinski definition) is 2. The number of carbonyl (C=O) groups is 1. The van der Waals surface area contributed by atoms with Crippen LogP contribution in [-0.4, -0.2) is 17.8 Å². The van der Waals surface area contributed by atoms with Gasteiger partial charge in [0.25, 0.3) is 13.3 Å². The summed E-state index contributed by atoms with van der Waals surface area (Å²) in [5.41, 5.74) is 6.53. The summed E-state index contributed by atoms with van der Waals surface area (Å²) < 4.78 is 20.1. The summed E-state index contributed by atoms with van der Waals surface area (Å²) in [5, 5.41) is -0.109. The summed E-state index contributed by atoms with van der Waals surface area (Å²) in [7, 11) is -3.25.